The first-order valence-corrected chi connectivity index (χ1v) is 12.7. The van der Waals surface area contributed by atoms with E-state index in [1.807, 2.05) is 37.3 Å². The van der Waals surface area contributed by atoms with E-state index in [1.165, 1.54) is 28.1 Å². The average Bonchev–Trinajstić information content (AvgIpc) is 3.25. The van der Waals surface area contributed by atoms with Gasteiger partial charge >= 0.3 is 0 Å². The molecule has 0 aromatic heterocycles. The molecule has 1 N–H and O–H groups in total. The Morgan fingerprint density at radius 2 is 1.66 bits per heavy atom. The van der Waals surface area contributed by atoms with Crippen molar-refractivity contribution in [2.45, 2.75) is 38.8 Å². The second kappa shape index (κ2) is 9.17. The molecular weight excluding hydrogens is 420 g/mol. The molecule has 5 nitrogen and oxygen atoms in total. The van der Waals surface area contributed by atoms with Crippen molar-refractivity contribution < 1.29 is 13.2 Å². The quantitative estimate of drug-likeness (QED) is 0.573. The summed E-state index contributed by atoms with van der Waals surface area (Å²) in [5, 5.41) is 3.05. The molecular formula is C26H28N2O3S. The lowest BCUT2D eigenvalue weighted by Gasteiger charge is -2.23. The van der Waals surface area contributed by atoms with E-state index in [9.17, 15) is 13.2 Å². The summed E-state index contributed by atoms with van der Waals surface area (Å²) < 4.78 is 26.1. The van der Waals surface area contributed by atoms with Crippen molar-refractivity contribution in [2.75, 3.05) is 10.6 Å². The minimum atomic E-state index is -3.48. The predicted octanol–water partition coefficient (Wildman–Crippen LogP) is 4.63. The summed E-state index contributed by atoms with van der Waals surface area (Å²) >= 11 is 0. The molecule has 6 heteroatoms. The van der Waals surface area contributed by atoms with Gasteiger partial charge in [0, 0.05) is 5.56 Å². The fourth-order valence-corrected chi connectivity index (χ4v) is 5.04. The van der Waals surface area contributed by atoms with Crippen LogP contribution in [0.5, 0.6) is 0 Å². The Labute approximate surface area is 190 Å². The molecule has 0 saturated heterocycles. The topological polar surface area (TPSA) is 66.5 Å². The molecule has 1 aliphatic rings. The lowest BCUT2D eigenvalue weighted by molar-refractivity contribution is 0.0940. The highest BCUT2D eigenvalue weighted by molar-refractivity contribution is 7.92. The van der Waals surface area contributed by atoms with Gasteiger partial charge in [-0.3, -0.25) is 9.10 Å². The molecule has 0 aliphatic heterocycles. The van der Waals surface area contributed by atoms with Gasteiger partial charge in [-0.1, -0.05) is 48.5 Å². The van der Waals surface area contributed by atoms with Crippen LogP contribution in [0.4, 0.5) is 5.69 Å². The number of rotatable bonds is 7. The van der Waals surface area contributed by atoms with Gasteiger partial charge < -0.3 is 5.32 Å². The van der Waals surface area contributed by atoms with Crippen LogP contribution in [0.15, 0.2) is 72.8 Å². The number of anilines is 1. The van der Waals surface area contributed by atoms with Crippen LogP contribution >= 0.6 is 0 Å². The molecule has 32 heavy (non-hydrogen) atoms. The van der Waals surface area contributed by atoms with E-state index in [-0.39, 0.29) is 18.5 Å². The zero-order valence-electron chi connectivity index (χ0n) is 18.4. The fraction of sp³-hybridized carbons (Fsp3) is 0.269. The molecule has 0 fully saturated rings. The van der Waals surface area contributed by atoms with Gasteiger partial charge in [-0.25, -0.2) is 8.42 Å². The number of nitrogens with one attached hydrogen (secondary N) is 1. The molecule has 0 heterocycles. The van der Waals surface area contributed by atoms with E-state index in [1.54, 1.807) is 24.3 Å². The third kappa shape index (κ3) is 5.02. The summed E-state index contributed by atoms with van der Waals surface area (Å²) in [5.41, 5.74) is 5.81. The van der Waals surface area contributed by atoms with E-state index in [4.69, 9.17) is 0 Å². The normalized spacial score (nSPS) is 13.9. The molecule has 4 rings (SSSR count). The summed E-state index contributed by atoms with van der Waals surface area (Å²) in [6, 6.07) is 22.5. The number of nitrogens with zero attached hydrogens (tertiary/aromatic N) is 1. The van der Waals surface area contributed by atoms with Crippen molar-refractivity contribution in [2.24, 2.45) is 0 Å². The highest BCUT2D eigenvalue weighted by Gasteiger charge is 2.19. The third-order valence-electron chi connectivity index (χ3n) is 5.96. The first kappa shape index (κ1) is 22.1. The maximum atomic E-state index is 12.8. The molecule has 1 aliphatic carbocycles. The van der Waals surface area contributed by atoms with Crippen LogP contribution in [0.2, 0.25) is 0 Å². The lowest BCUT2D eigenvalue weighted by atomic mass is 10.0. The van der Waals surface area contributed by atoms with Crippen molar-refractivity contribution in [3.8, 4) is 0 Å². The summed E-state index contributed by atoms with van der Waals surface area (Å²) in [6.45, 7) is 2.22. The van der Waals surface area contributed by atoms with Gasteiger partial charge in [0.25, 0.3) is 5.91 Å². The number of amides is 1. The number of hydrogen-bond acceptors (Lipinski definition) is 3. The maximum Gasteiger partial charge on any atom is 0.251 e. The van der Waals surface area contributed by atoms with E-state index < -0.39 is 10.0 Å². The molecule has 3 aromatic carbocycles. The Morgan fingerprint density at radius 3 is 2.34 bits per heavy atom. The zero-order valence-corrected chi connectivity index (χ0v) is 19.2. The van der Waals surface area contributed by atoms with Crippen LogP contribution in [0.25, 0.3) is 0 Å². The number of sulfonamides is 1. The average molecular weight is 449 g/mol. The number of fused-ring (bicyclic) bond motifs is 1. The van der Waals surface area contributed by atoms with Gasteiger partial charge in [0.15, 0.2) is 0 Å². The van der Waals surface area contributed by atoms with E-state index in [2.05, 4.69) is 23.5 Å². The van der Waals surface area contributed by atoms with Crippen molar-refractivity contribution in [3.05, 3.63) is 101 Å². The molecule has 0 radical (unpaired) electrons. The Balaban J connectivity index is 1.47. The highest BCUT2D eigenvalue weighted by atomic mass is 32.2. The Morgan fingerprint density at radius 1 is 0.969 bits per heavy atom. The molecule has 0 saturated carbocycles. The third-order valence-corrected chi connectivity index (χ3v) is 7.10. The number of hydrogen-bond donors (Lipinski definition) is 1. The SMILES string of the molecule is CC(NC(=O)c1ccc(N(Cc2ccccc2)S(C)(=O)=O)cc1)c1ccc2c(c1)CCC2. The standard InChI is InChI=1S/C26H28N2O3S/c1-19(23-12-11-21-9-6-10-24(21)17-23)27-26(29)22-13-15-25(16-14-22)28(32(2,30)31)18-20-7-4-3-5-8-20/h3-5,7-8,11-17,19H,6,9-10,18H2,1-2H3,(H,27,29). The van der Waals surface area contributed by atoms with Crippen LogP contribution in [0.1, 0.15) is 52.0 Å². The second-order valence-electron chi connectivity index (χ2n) is 8.38. The predicted molar refractivity (Wildman–Crippen MR) is 128 cm³/mol. The van der Waals surface area contributed by atoms with Crippen LogP contribution < -0.4 is 9.62 Å². The van der Waals surface area contributed by atoms with Gasteiger partial charge in [-0.2, -0.15) is 0 Å². The minimum Gasteiger partial charge on any atom is -0.346 e. The van der Waals surface area contributed by atoms with E-state index >= 15 is 0 Å². The Bertz CT molecular complexity index is 1210. The van der Waals surface area contributed by atoms with Crippen LogP contribution in [-0.2, 0) is 29.4 Å². The molecule has 1 atom stereocenters. The molecule has 1 amide bonds. The van der Waals surface area contributed by atoms with Crippen molar-refractivity contribution in [3.63, 3.8) is 0 Å². The monoisotopic (exact) mass is 448 g/mol. The number of benzene rings is 3. The Kier molecular flexibility index (Phi) is 6.33. The molecule has 166 valence electrons. The summed E-state index contributed by atoms with van der Waals surface area (Å²) in [6.07, 6.45) is 4.62. The molecule has 0 spiro atoms. The van der Waals surface area contributed by atoms with E-state index in [0.717, 1.165) is 24.0 Å². The number of carbonyl (C=O) groups is 1. The fourth-order valence-electron chi connectivity index (χ4n) is 4.15. The lowest BCUT2D eigenvalue weighted by Crippen LogP contribution is -2.29. The van der Waals surface area contributed by atoms with Gasteiger partial charge in [0.05, 0.1) is 24.5 Å². The van der Waals surface area contributed by atoms with Crippen molar-refractivity contribution >= 4 is 21.6 Å². The summed E-state index contributed by atoms with van der Waals surface area (Å²) in [4.78, 5) is 12.8. The zero-order chi connectivity index (χ0) is 22.7. The van der Waals surface area contributed by atoms with Gasteiger partial charge in [0.2, 0.25) is 10.0 Å². The second-order valence-corrected chi connectivity index (χ2v) is 10.3. The van der Waals surface area contributed by atoms with Crippen molar-refractivity contribution in [1.82, 2.24) is 5.32 Å². The maximum absolute atomic E-state index is 12.8. The van der Waals surface area contributed by atoms with Gasteiger partial charge in [-0.15, -0.1) is 0 Å². The number of aryl methyl sites for hydroxylation is 2. The van der Waals surface area contributed by atoms with E-state index in [0.29, 0.717) is 11.3 Å². The summed E-state index contributed by atoms with van der Waals surface area (Å²) in [7, 11) is -3.48. The first-order chi connectivity index (χ1) is 15.3. The minimum absolute atomic E-state index is 0.112. The van der Waals surface area contributed by atoms with Crippen molar-refractivity contribution in [1.29, 1.82) is 0 Å². The van der Waals surface area contributed by atoms with Gasteiger partial charge in [0.1, 0.15) is 0 Å². The highest BCUT2D eigenvalue weighted by Crippen LogP contribution is 2.26. The van der Waals surface area contributed by atoms with Crippen LogP contribution in [0, 0.1) is 0 Å². The smallest absolute Gasteiger partial charge is 0.251 e. The molecule has 3 aromatic rings. The summed E-state index contributed by atoms with van der Waals surface area (Å²) in [5.74, 6) is -0.182. The van der Waals surface area contributed by atoms with Gasteiger partial charge in [-0.05, 0) is 72.7 Å². The Hall–Kier alpha value is -3.12. The first-order valence-electron chi connectivity index (χ1n) is 10.9. The molecule has 0 bridgehead atoms. The van der Waals surface area contributed by atoms with Crippen LogP contribution in [0.3, 0.4) is 0 Å². The van der Waals surface area contributed by atoms with Crippen LogP contribution in [-0.4, -0.2) is 20.6 Å². The molecule has 1 unspecified atom stereocenters. The largest absolute Gasteiger partial charge is 0.346 e. The number of carbonyl (C=O) groups excluding carboxylic acids is 1.